The molecule has 3 N–H and O–H groups in total. The minimum Gasteiger partial charge on any atom is -0.489 e. The zero-order chi connectivity index (χ0) is 13.0. The molecule has 0 aliphatic carbocycles. The molecule has 0 atom stereocenters. The summed E-state index contributed by atoms with van der Waals surface area (Å²) in [5.74, 6) is 0.843. The van der Waals surface area contributed by atoms with Crippen LogP contribution >= 0.6 is 0 Å². The number of aliphatic hydroxyl groups excluding tert-OH is 1. The zero-order valence-corrected chi connectivity index (χ0v) is 10.4. The summed E-state index contributed by atoms with van der Waals surface area (Å²) in [5, 5.41) is 8.96. The van der Waals surface area contributed by atoms with Crippen LogP contribution in [0.2, 0.25) is 0 Å². The third-order valence-corrected chi connectivity index (χ3v) is 2.80. The molecule has 0 spiro atoms. The van der Waals surface area contributed by atoms with Crippen LogP contribution in [0.5, 0.6) is 5.75 Å². The van der Waals surface area contributed by atoms with Crippen LogP contribution in [0.15, 0.2) is 42.5 Å². The Balaban J connectivity index is 2.02. The number of hydrogen-bond acceptors (Lipinski definition) is 3. The third-order valence-electron chi connectivity index (χ3n) is 2.80. The van der Waals surface area contributed by atoms with Crippen molar-refractivity contribution in [1.29, 1.82) is 0 Å². The maximum Gasteiger partial charge on any atom is 0.122 e. The lowest BCUT2D eigenvalue weighted by Crippen LogP contribution is -1.98. The predicted molar refractivity (Wildman–Crippen MR) is 72.3 cm³/mol. The lowest BCUT2D eigenvalue weighted by molar-refractivity contribution is 0.281. The third kappa shape index (κ3) is 3.02. The molecule has 0 bridgehead atoms. The molecular formula is C15H17NO2. The number of rotatable bonds is 4. The standard InChI is InChI=1S/C15H17NO2/c1-11-8-14(16)6-7-15(11)18-10-13-4-2-12(9-17)3-5-13/h2-8,17H,9-10,16H2,1H3. The first-order chi connectivity index (χ1) is 8.69. The molecule has 0 heterocycles. The Kier molecular flexibility index (Phi) is 3.85. The first-order valence-electron chi connectivity index (χ1n) is 5.86. The molecule has 0 fully saturated rings. The molecule has 0 radical (unpaired) electrons. The Hall–Kier alpha value is -2.00. The summed E-state index contributed by atoms with van der Waals surface area (Å²) in [6.07, 6.45) is 0. The van der Waals surface area contributed by atoms with Gasteiger partial charge in [-0.25, -0.2) is 0 Å². The van der Waals surface area contributed by atoms with Gasteiger partial charge < -0.3 is 15.6 Å². The Morgan fingerprint density at radius 2 is 1.72 bits per heavy atom. The Labute approximate surface area is 107 Å². The molecule has 3 nitrogen and oxygen atoms in total. The van der Waals surface area contributed by atoms with Crippen LogP contribution in [-0.4, -0.2) is 5.11 Å². The summed E-state index contributed by atoms with van der Waals surface area (Å²) >= 11 is 0. The van der Waals surface area contributed by atoms with Crippen molar-refractivity contribution in [3.05, 3.63) is 59.2 Å². The number of nitrogen functional groups attached to an aromatic ring is 1. The van der Waals surface area contributed by atoms with Gasteiger partial charge in [0.15, 0.2) is 0 Å². The van der Waals surface area contributed by atoms with E-state index in [0.717, 1.165) is 28.1 Å². The molecule has 0 saturated carbocycles. The molecular weight excluding hydrogens is 226 g/mol. The molecule has 2 aromatic carbocycles. The monoisotopic (exact) mass is 243 g/mol. The quantitative estimate of drug-likeness (QED) is 0.812. The van der Waals surface area contributed by atoms with Gasteiger partial charge in [0.1, 0.15) is 12.4 Å². The highest BCUT2D eigenvalue weighted by molar-refractivity contribution is 5.47. The van der Waals surface area contributed by atoms with Crippen LogP contribution in [0.4, 0.5) is 5.69 Å². The van der Waals surface area contributed by atoms with Gasteiger partial charge in [-0.3, -0.25) is 0 Å². The topological polar surface area (TPSA) is 55.5 Å². The van der Waals surface area contributed by atoms with Crippen molar-refractivity contribution in [2.75, 3.05) is 5.73 Å². The summed E-state index contributed by atoms with van der Waals surface area (Å²) in [6.45, 7) is 2.55. The number of anilines is 1. The minimum atomic E-state index is 0.0677. The second kappa shape index (κ2) is 5.56. The van der Waals surface area contributed by atoms with Crippen molar-refractivity contribution in [3.63, 3.8) is 0 Å². The largest absolute Gasteiger partial charge is 0.489 e. The summed E-state index contributed by atoms with van der Waals surface area (Å²) in [4.78, 5) is 0. The first kappa shape index (κ1) is 12.5. The van der Waals surface area contributed by atoms with E-state index in [1.165, 1.54) is 0 Å². The van der Waals surface area contributed by atoms with Gasteiger partial charge in [0.05, 0.1) is 6.61 Å². The summed E-state index contributed by atoms with van der Waals surface area (Å²) in [5.41, 5.74) is 9.44. The number of aliphatic hydroxyl groups is 1. The van der Waals surface area contributed by atoms with Gasteiger partial charge in [0.25, 0.3) is 0 Å². The highest BCUT2D eigenvalue weighted by atomic mass is 16.5. The lowest BCUT2D eigenvalue weighted by atomic mass is 10.1. The summed E-state index contributed by atoms with van der Waals surface area (Å²) in [7, 11) is 0. The maximum atomic E-state index is 8.96. The van der Waals surface area contributed by atoms with Gasteiger partial charge in [-0.2, -0.15) is 0 Å². The van der Waals surface area contributed by atoms with Crippen molar-refractivity contribution < 1.29 is 9.84 Å². The van der Waals surface area contributed by atoms with E-state index in [-0.39, 0.29) is 6.61 Å². The predicted octanol–water partition coefficient (Wildman–Crippen LogP) is 2.65. The second-order valence-corrected chi connectivity index (χ2v) is 4.29. The number of ether oxygens (including phenoxy) is 1. The fourth-order valence-corrected chi connectivity index (χ4v) is 1.74. The second-order valence-electron chi connectivity index (χ2n) is 4.29. The van der Waals surface area contributed by atoms with E-state index < -0.39 is 0 Å². The molecule has 0 aromatic heterocycles. The molecule has 0 amide bonds. The van der Waals surface area contributed by atoms with E-state index in [1.54, 1.807) is 0 Å². The SMILES string of the molecule is Cc1cc(N)ccc1OCc1ccc(CO)cc1. The summed E-state index contributed by atoms with van der Waals surface area (Å²) < 4.78 is 5.73. The van der Waals surface area contributed by atoms with Gasteiger partial charge in [-0.1, -0.05) is 24.3 Å². The van der Waals surface area contributed by atoms with Crippen LogP contribution < -0.4 is 10.5 Å². The molecule has 94 valence electrons. The van der Waals surface area contributed by atoms with E-state index in [2.05, 4.69) is 0 Å². The molecule has 0 aliphatic heterocycles. The molecule has 0 unspecified atom stereocenters. The molecule has 3 heteroatoms. The van der Waals surface area contributed by atoms with Gasteiger partial charge in [-0.15, -0.1) is 0 Å². The molecule has 2 rings (SSSR count). The molecule has 2 aromatic rings. The van der Waals surface area contributed by atoms with Crippen molar-refractivity contribution in [1.82, 2.24) is 0 Å². The molecule has 0 saturated heterocycles. The average molecular weight is 243 g/mol. The molecule has 18 heavy (non-hydrogen) atoms. The van der Waals surface area contributed by atoms with Crippen molar-refractivity contribution in [2.24, 2.45) is 0 Å². The Morgan fingerprint density at radius 3 is 2.33 bits per heavy atom. The number of aryl methyl sites for hydroxylation is 1. The van der Waals surface area contributed by atoms with E-state index in [0.29, 0.717) is 6.61 Å². The fraction of sp³-hybridized carbons (Fsp3) is 0.200. The van der Waals surface area contributed by atoms with Crippen LogP contribution in [0, 0.1) is 6.92 Å². The van der Waals surface area contributed by atoms with E-state index in [9.17, 15) is 0 Å². The van der Waals surface area contributed by atoms with Crippen LogP contribution in [0.1, 0.15) is 16.7 Å². The van der Waals surface area contributed by atoms with Gasteiger partial charge in [0, 0.05) is 5.69 Å². The smallest absolute Gasteiger partial charge is 0.122 e. The van der Waals surface area contributed by atoms with Gasteiger partial charge in [0.2, 0.25) is 0 Å². The van der Waals surface area contributed by atoms with Gasteiger partial charge >= 0.3 is 0 Å². The van der Waals surface area contributed by atoms with Crippen molar-refractivity contribution >= 4 is 5.69 Å². The van der Waals surface area contributed by atoms with Gasteiger partial charge in [-0.05, 0) is 41.8 Å². The van der Waals surface area contributed by atoms with Crippen molar-refractivity contribution in [3.8, 4) is 5.75 Å². The van der Waals surface area contributed by atoms with Crippen LogP contribution in [0.3, 0.4) is 0 Å². The first-order valence-corrected chi connectivity index (χ1v) is 5.86. The van der Waals surface area contributed by atoms with Crippen LogP contribution in [-0.2, 0) is 13.2 Å². The normalized spacial score (nSPS) is 10.3. The highest BCUT2D eigenvalue weighted by Gasteiger charge is 2.01. The zero-order valence-electron chi connectivity index (χ0n) is 10.4. The number of hydrogen-bond donors (Lipinski definition) is 2. The lowest BCUT2D eigenvalue weighted by Gasteiger charge is -2.10. The average Bonchev–Trinajstić information content (AvgIpc) is 2.38. The minimum absolute atomic E-state index is 0.0677. The maximum absolute atomic E-state index is 8.96. The summed E-state index contributed by atoms with van der Waals surface area (Å²) in [6, 6.07) is 13.3. The molecule has 0 aliphatic rings. The number of nitrogens with two attached hydrogens (primary N) is 1. The van der Waals surface area contributed by atoms with Crippen molar-refractivity contribution in [2.45, 2.75) is 20.1 Å². The fourth-order valence-electron chi connectivity index (χ4n) is 1.74. The Bertz CT molecular complexity index is 521. The number of benzene rings is 2. The Morgan fingerprint density at radius 1 is 1.06 bits per heavy atom. The highest BCUT2D eigenvalue weighted by Crippen LogP contribution is 2.21. The van der Waals surface area contributed by atoms with E-state index >= 15 is 0 Å². The van der Waals surface area contributed by atoms with E-state index in [1.807, 2.05) is 49.4 Å². The van der Waals surface area contributed by atoms with E-state index in [4.69, 9.17) is 15.6 Å². The van der Waals surface area contributed by atoms with Crippen LogP contribution in [0.25, 0.3) is 0 Å².